The zero-order valence-electron chi connectivity index (χ0n) is 21.1. The molecule has 4 aromatic rings. The lowest BCUT2D eigenvalue weighted by molar-refractivity contribution is -0.117. The van der Waals surface area contributed by atoms with Gasteiger partial charge in [0.25, 0.3) is 5.91 Å². The van der Waals surface area contributed by atoms with E-state index in [0.717, 1.165) is 23.3 Å². The number of hydrogen-bond acceptors (Lipinski definition) is 9. The smallest absolute Gasteiger partial charge is 0.350 e. The van der Waals surface area contributed by atoms with Crippen LogP contribution in [-0.4, -0.2) is 42.0 Å². The first kappa shape index (κ1) is 25.2. The van der Waals surface area contributed by atoms with E-state index in [1.165, 1.54) is 19.1 Å². The number of aromatic nitrogens is 1. The molecule has 0 spiro atoms. The van der Waals surface area contributed by atoms with Crippen LogP contribution in [0.2, 0.25) is 0 Å². The number of benzene rings is 2. The number of ether oxygens (including phenoxy) is 2. The van der Waals surface area contributed by atoms with Crippen molar-refractivity contribution in [1.82, 2.24) is 4.98 Å². The van der Waals surface area contributed by atoms with Crippen molar-refractivity contribution in [3.63, 3.8) is 0 Å². The Bertz CT molecular complexity index is 1610. The molecule has 2 aromatic carbocycles. The molecule has 9 nitrogen and oxygen atoms in total. The Morgan fingerprint density at radius 2 is 1.89 bits per heavy atom. The van der Waals surface area contributed by atoms with Gasteiger partial charge < -0.3 is 19.0 Å². The number of aliphatic hydroxyl groups excluding tert-OH is 1. The number of nitrogens with zero attached hydrogens (tertiary/aromatic N) is 2. The van der Waals surface area contributed by atoms with Crippen molar-refractivity contribution in [2.24, 2.45) is 0 Å². The number of esters is 1. The van der Waals surface area contributed by atoms with Gasteiger partial charge in [-0.15, -0.1) is 0 Å². The zero-order valence-corrected chi connectivity index (χ0v) is 21.9. The highest BCUT2D eigenvalue weighted by Gasteiger charge is 2.47. The molecule has 38 heavy (non-hydrogen) atoms. The molecule has 2 aromatic heterocycles. The molecule has 1 aliphatic rings. The Hall–Kier alpha value is -4.44. The van der Waals surface area contributed by atoms with Crippen LogP contribution in [0.5, 0.6) is 5.75 Å². The van der Waals surface area contributed by atoms with Crippen molar-refractivity contribution in [3.05, 3.63) is 87.3 Å². The van der Waals surface area contributed by atoms with Crippen LogP contribution in [0, 0.1) is 6.92 Å². The van der Waals surface area contributed by atoms with E-state index >= 15 is 0 Å². The number of carbonyl (C=O) groups excluding carboxylic acids is 3. The van der Waals surface area contributed by atoms with Crippen molar-refractivity contribution in [2.45, 2.75) is 26.3 Å². The van der Waals surface area contributed by atoms with Gasteiger partial charge in [-0.3, -0.25) is 14.5 Å². The summed E-state index contributed by atoms with van der Waals surface area (Å²) in [4.78, 5) is 45.4. The third-order valence-corrected chi connectivity index (χ3v) is 7.61. The van der Waals surface area contributed by atoms with E-state index in [4.69, 9.17) is 13.9 Å². The van der Waals surface area contributed by atoms with Crippen molar-refractivity contribution in [3.8, 4) is 5.75 Å². The van der Waals surface area contributed by atoms with Gasteiger partial charge >= 0.3 is 5.97 Å². The summed E-state index contributed by atoms with van der Waals surface area (Å²) in [5, 5.41) is 11.8. The quantitative estimate of drug-likeness (QED) is 0.250. The fourth-order valence-corrected chi connectivity index (χ4v) is 5.51. The highest BCUT2D eigenvalue weighted by molar-refractivity contribution is 7.17. The molecule has 5 rings (SSSR count). The molecule has 0 saturated heterocycles. The number of para-hydroxylation sites is 1. The number of anilines is 1. The van der Waals surface area contributed by atoms with Crippen molar-refractivity contribution >= 4 is 45.1 Å². The normalized spacial score (nSPS) is 15.4. The summed E-state index contributed by atoms with van der Waals surface area (Å²) < 4.78 is 16.0. The molecule has 0 saturated carbocycles. The molecule has 194 valence electrons. The number of amides is 1. The fourth-order valence-electron chi connectivity index (χ4n) is 4.49. The Balaban J connectivity index is 1.65. The number of aryl methyl sites for hydroxylation is 2. The van der Waals surface area contributed by atoms with E-state index in [0.29, 0.717) is 28.0 Å². The minimum Gasteiger partial charge on any atom is -0.503 e. The molecule has 0 radical (unpaired) electrons. The molecule has 10 heteroatoms. The van der Waals surface area contributed by atoms with Gasteiger partial charge in [0.2, 0.25) is 5.78 Å². The molecule has 1 atom stereocenters. The molecule has 1 aliphatic heterocycles. The lowest BCUT2D eigenvalue weighted by atomic mass is 9.94. The number of aliphatic hydroxyl groups is 1. The van der Waals surface area contributed by atoms with Gasteiger partial charge in [0.1, 0.15) is 4.88 Å². The van der Waals surface area contributed by atoms with E-state index in [1.807, 2.05) is 19.1 Å². The number of carbonyl (C=O) groups is 3. The molecule has 1 N–H and O–H groups in total. The number of ketones is 1. The molecular weight excluding hydrogens is 508 g/mol. The SMILES string of the molecule is CCc1ccc(C2C(C(=O)c3cc4cccc(OC)c4o3)=C(O)C(=O)N2c2nc(C)c(C(=O)OC)s2)cc1. The van der Waals surface area contributed by atoms with Gasteiger partial charge in [0.15, 0.2) is 28.0 Å². The van der Waals surface area contributed by atoms with Crippen LogP contribution >= 0.6 is 11.3 Å². The number of Topliss-reactive ketones (excluding diaryl/α,β-unsaturated/α-hetero) is 1. The highest BCUT2D eigenvalue weighted by Crippen LogP contribution is 2.44. The Morgan fingerprint density at radius 1 is 1.16 bits per heavy atom. The van der Waals surface area contributed by atoms with E-state index in [2.05, 4.69) is 4.98 Å². The zero-order chi connectivity index (χ0) is 27.1. The largest absolute Gasteiger partial charge is 0.503 e. The Morgan fingerprint density at radius 3 is 2.55 bits per heavy atom. The van der Waals surface area contributed by atoms with Crippen molar-refractivity contribution in [1.29, 1.82) is 0 Å². The third kappa shape index (κ3) is 4.03. The van der Waals surface area contributed by atoms with E-state index in [9.17, 15) is 19.5 Å². The van der Waals surface area contributed by atoms with Crippen LogP contribution in [0.1, 0.15) is 50.0 Å². The second kappa shape index (κ2) is 9.79. The number of furan rings is 1. The van der Waals surface area contributed by atoms with Crippen LogP contribution in [0.3, 0.4) is 0 Å². The summed E-state index contributed by atoms with van der Waals surface area (Å²) in [6.07, 6.45) is 0.801. The average molecular weight is 533 g/mol. The number of rotatable bonds is 7. The van der Waals surface area contributed by atoms with Gasteiger partial charge in [-0.2, -0.15) is 0 Å². The van der Waals surface area contributed by atoms with Crippen LogP contribution in [-0.2, 0) is 16.0 Å². The molecule has 1 unspecified atom stereocenters. The number of methoxy groups -OCH3 is 2. The first-order chi connectivity index (χ1) is 18.3. The molecule has 0 aliphatic carbocycles. The Labute approximate surface area is 221 Å². The minimum atomic E-state index is -1.01. The third-order valence-electron chi connectivity index (χ3n) is 6.47. The van der Waals surface area contributed by atoms with Crippen molar-refractivity contribution < 1.29 is 33.4 Å². The van der Waals surface area contributed by atoms with Crippen LogP contribution < -0.4 is 9.64 Å². The first-order valence-corrected chi connectivity index (χ1v) is 12.6. The summed E-state index contributed by atoms with van der Waals surface area (Å²) in [6.45, 7) is 3.64. The average Bonchev–Trinajstić information content (AvgIpc) is 3.61. The van der Waals surface area contributed by atoms with Crippen LogP contribution in [0.4, 0.5) is 5.13 Å². The summed E-state index contributed by atoms with van der Waals surface area (Å²) in [5.74, 6) is -2.36. The Kier molecular flexibility index (Phi) is 6.50. The second-order valence-electron chi connectivity index (χ2n) is 8.66. The standard InChI is InChI=1S/C28H24N2O7S/c1-5-15-9-11-16(12-10-15)21-20(22(31)19-13-17-7-6-8-18(35-3)24(17)37-19)23(32)26(33)30(21)28-29-14(2)25(38-28)27(34)36-4/h6-13,21,32H,5H2,1-4H3. The van der Waals surface area contributed by atoms with E-state index in [-0.39, 0.29) is 21.3 Å². The second-order valence-corrected chi connectivity index (χ2v) is 9.63. The number of hydrogen-bond donors (Lipinski definition) is 1. The van der Waals surface area contributed by atoms with Gasteiger partial charge in [0.05, 0.1) is 31.5 Å². The lowest BCUT2D eigenvalue weighted by Crippen LogP contribution is -2.31. The van der Waals surface area contributed by atoms with Crippen LogP contribution in [0.15, 0.2) is 64.3 Å². The molecule has 0 fully saturated rings. The summed E-state index contributed by atoms with van der Waals surface area (Å²) in [7, 11) is 2.75. The predicted molar refractivity (Wildman–Crippen MR) is 141 cm³/mol. The number of thiazole rings is 1. The lowest BCUT2D eigenvalue weighted by Gasteiger charge is -2.24. The van der Waals surface area contributed by atoms with E-state index < -0.39 is 29.5 Å². The molecule has 3 heterocycles. The predicted octanol–water partition coefficient (Wildman–Crippen LogP) is 5.34. The monoisotopic (exact) mass is 532 g/mol. The minimum absolute atomic E-state index is 0.0542. The fraction of sp³-hybridized carbons (Fsp3) is 0.214. The number of fused-ring (bicyclic) bond motifs is 1. The summed E-state index contributed by atoms with van der Waals surface area (Å²) in [6, 6.07) is 13.2. The molecule has 1 amide bonds. The van der Waals surface area contributed by atoms with Gasteiger partial charge in [-0.1, -0.05) is 54.7 Å². The molecule has 0 bridgehead atoms. The maximum atomic E-state index is 13.9. The molecular formula is C28H24N2O7S. The summed E-state index contributed by atoms with van der Waals surface area (Å²) in [5.41, 5.74) is 2.25. The highest BCUT2D eigenvalue weighted by atomic mass is 32.1. The van der Waals surface area contributed by atoms with Gasteiger partial charge in [-0.25, -0.2) is 9.78 Å². The van der Waals surface area contributed by atoms with Gasteiger partial charge in [-0.05, 0) is 36.6 Å². The van der Waals surface area contributed by atoms with Gasteiger partial charge in [0, 0.05) is 5.39 Å². The summed E-state index contributed by atoms with van der Waals surface area (Å²) >= 11 is 0.950. The van der Waals surface area contributed by atoms with Crippen molar-refractivity contribution in [2.75, 3.05) is 19.1 Å². The van der Waals surface area contributed by atoms with E-state index in [1.54, 1.807) is 43.3 Å². The van der Waals surface area contributed by atoms with Crippen LogP contribution in [0.25, 0.3) is 11.0 Å². The maximum absolute atomic E-state index is 13.9. The topological polar surface area (TPSA) is 119 Å². The first-order valence-electron chi connectivity index (χ1n) is 11.8. The maximum Gasteiger partial charge on any atom is 0.350 e.